The number of carbonyl (C=O) groups is 1. The molecule has 1 aromatic rings. The number of aliphatic hydroxyl groups is 1. The van der Waals surface area contributed by atoms with Crippen LogP contribution in [-0.2, 0) is 11.3 Å². The van der Waals surface area contributed by atoms with E-state index in [-0.39, 0.29) is 17.9 Å². The molecular weight excluding hydrogens is 282 g/mol. The lowest BCUT2D eigenvalue weighted by Gasteiger charge is -2.31. The minimum atomic E-state index is -0.196. The molecule has 1 aliphatic rings. The van der Waals surface area contributed by atoms with Crippen molar-refractivity contribution in [2.75, 3.05) is 6.61 Å². The molecule has 1 fully saturated rings. The molecule has 1 heterocycles. The Kier molecular flexibility index (Phi) is 5.84. The molecule has 0 aromatic carbocycles. The second-order valence-corrected chi connectivity index (χ2v) is 6.84. The first-order valence-corrected chi connectivity index (χ1v) is 8.48. The van der Waals surface area contributed by atoms with Crippen molar-refractivity contribution < 1.29 is 9.90 Å². The zero-order valence-corrected chi connectivity index (χ0v) is 13.4. The van der Waals surface area contributed by atoms with E-state index in [1.54, 1.807) is 11.3 Å². The maximum atomic E-state index is 12.4. The smallest absolute Gasteiger partial charge is 0.226 e. The van der Waals surface area contributed by atoms with Crippen LogP contribution in [-0.4, -0.2) is 17.6 Å². The van der Waals surface area contributed by atoms with Crippen LogP contribution in [0.3, 0.4) is 0 Å². The van der Waals surface area contributed by atoms with Gasteiger partial charge < -0.3 is 10.4 Å². The first kappa shape index (κ1) is 16.1. The van der Waals surface area contributed by atoms with Crippen molar-refractivity contribution in [3.63, 3.8) is 0 Å². The largest absolute Gasteiger partial charge is 0.395 e. The van der Waals surface area contributed by atoms with Gasteiger partial charge in [0.25, 0.3) is 0 Å². The van der Waals surface area contributed by atoms with E-state index in [1.807, 2.05) is 11.4 Å². The van der Waals surface area contributed by atoms with Crippen molar-refractivity contribution >= 4 is 17.2 Å². The van der Waals surface area contributed by atoms with E-state index in [1.165, 1.54) is 6.42 Å². The second-order valence-electron chi connectivity index (χ2n) is 5.84. The molecule has 0 saturated heterocycles. The molecule has 0 spiro atoms. The maximum absolute atomic E-state index is 12.4. The average molecular weight is 305 g/mol. The van der Waals surface area contributed by atoms with Crippen molar-refractivity contribution in [2.24, 2.45) is 5.41 Å². The van der Waals surface area contributed by atoms with Gasteiger partial charge in [-0.05, 0) is 24.3 Å². The molecule has 1 saturated carbocycles. The first-order chi connectivity index (χ1) is 10.2. The molecular formula is C17H23NO2S. The number of carbonyl (C=O) groups excluding carboxylic acids is 1. The van der Waals surface area contributed by atoms with Crippen LogP contribution >= 0.6 is 11.3 Å². The first-order valence-electron chi connectivity index (χ1n) is 7.60. The van der Waals surface area contributed by atoms with Gasteiger partial charge in [-0.15, -0.1) is 11.3 Å². The molecule has 0 aliphatic heterocycles. The number of hydrogen-bond donors (Lipinski definition) is 2. The highest BCUT2D eigenvalue weighted by atomic mass is 32.1. The maximum Gasteiger partial charge on any atom is 0.226 e. The Hall–Kier alpha value is -1.31. The Balaban J connectivity index is 1.93. The van der Waals surface area contributed by atoms with Gasteiger partial charge in [0.2, 0.25) is 5.91 Å². The fraction of sp³-hybridized carbons (Fsp3) is 0.588. The van der Waals surface area contributed by atoms with Crippen LogP contribution in [0.2, 0.25) is 0 Å². The number of aliphatic hydroxyl groups excluding tert-OH is 1. The quantitative estimate of drug-likeness (QED) is 0.840. The van der Waals surface area contributed by atoms with E-state index >= 15 is 0 Å². The van der Waals surface area contributed by atoms with Gasteiger partial charge in [0.15, 0.2) is 0 Å². The normalized spacial score (nSPS) is 16.9. The average Bonchev–Trinajstić information content (AvgIpc) is 2.93. The van der Waals surface area contributed by atoms with Crippen LogP contribution in [0.5, 0.6) is 0 Å². The number of amides is 1. The van der Waals surface area contributed by atoms with Gasteiger partial charge in [0, 0.05) is 22.3 Å². The minimum absolute atomic E-state index is 0.0849. The van der Waals surface area contributed by atoms with Crippen molar-refractivity contribution in [1.29, 1.82) is 0 Å². The van der Waals surface area contributed by atoms with Gasteiger partial charge in [-0.3, -0.25) is 4.79 Å². The fourth-order valence-corrected chi connectivity index (χ4v) is 3.51. The lowest BCUT2D eigenvalue weighted by atomic mass is 9.75. The summed E-state index contributed by atoms with van der Waals surface area (Å²) in [5, 5.41) is 13.8. The van der Waals surface area contributed by atoms with Crippen LogP contribution in [0, 0.1) is 17.3 Å². The highest BCUT2D eigenvalue weighted by Gasteiger charge is 2.34. The lowest BCUT2D eigenvalue weighted by Crippen LogP contribution is -2.39. The fourth-order valence-electron chi connectivity index (χ4n) is 2.74. The van der Waals surface area contributed by atoms with Gasteiger partial charge >= 0.3 is 0 Å². The Morgan fingerprint density at radius 2 is 2.19 bits per heavy atom. The molecule has 2 N–H and O–H groups in total. The van der Waals surface area contributed by atoms with E-state index < -0.39 is 0 Å². The predicted octanol–water partition coefficient (Wildman–Crippen LogP) is 3.07. The number of thiophene rings is 1. The third-order valence-corrected chi connectivity index (χ3v) is 5.04. The molecule has 2 rings (SSSR count). The summed E-state index contributed by atoms with van der Waals surface area (Å²) in [7, 11) is 0. The van der Waals surface area contributed by atoms with Crippen LogP contribution in [0.4, 0.5) is 0 Å². The molecule has 0 radical (unpaired) electrons. The van der Waals surface area contributed by atoms with Gasteiger partial charge in [-0.25, -0.2) is 0 Å². The molecule has 0 bridgehead atoms. The van der Waals surface area contributed by atoms with Gasteiger partial charge in [-0.2, -0.15) is 0 Å². The summed E-state index contributed by atoms with van der Waals surface area (Å²) < 4.78 is 0. The van der Waals surface area contributed by atoms with Gasteiger partial charge in [0.05, 0.1) is 13.2 Å². The topological polar surface area (TPSA) is 49.3 Å². The summed E-state index contributed by atoms with van der Waals surface area (Å²) in [5.74, 6) is 6.16. The van der Waals surface area contributed by atoms with Crippen LogP contribution in [0.1, 0.15) is 55.9 Å². The number of hydrogen-bond acceptors (Lipinski definition) is 3. The summed E-state index contributed by atoms with van der Waals surface area (Å²) in [6.45, 7) is 2.72. The van der Waals surface area contributed by atoms with Crippen LogP contribution < -0.4 is 5.32 Å². The van der Waals surface area contributed by atoms with Crippen LogP contribution in [0.25, 0.3) is 0 Å². The zero-order valence-electron chi connectivity index (χ0n) is 12.6. The third-order valence-electron chi connectivity index (χ3n) is 4.12. The standard InChI is InChI=1S/C17H23NO2S/c1-17(9-4-2-5-10-17)16(20)18-13-15-14(8-12-21-15)7-3-6-11-19/h8,12,19H,2,4-6,9-11,13H2,1H3,(H,18,20). The van der Waals surface area contributed by atoms with Crippen LogP contribution in [0.15, 0.2) is 11.4 Å². The van der Waals surface area contributed by atoms with E-state index in [2.05, 4.69) is 24.1 Å². The van der Waals surface area contributed by atoms with E-state index in [4.69, 9.17) is 5.11 Å². The second kappa shape index (κ2) is 7.63. The molecule has 114 valence electrons. The summed E-state index contributed by atoms with van der Waals surface area (Å²) in [4.78, 5) is 13.5. The molecule has 1 amide bonds. The highest BCUT2D eigenvalue weighted by molar-refractivity contribution is 7.10. The summed E-state index contributed by atoms with van der Waals surface area (Å²) in [6.07, 6.45) is 6.03. The summed E-state index contributed by atoms with van der Waals surface area (Å²) >= 11 is 1.62. The molecule has 1 aliphatic carbocycles. The minimum Gasteiger partial charge on any atom is -0.395 e. The summed E-state index contributed by atoms with van der Waals surface area (Å²) in [5.41, 5.74) is 0.765. The zero-order chi connectivity index (χ0) is 15.1. The molecule has 4 heteroatoms. The van der Waals surface area contributed by atoms with Gasteiger partial charge in [-0.1, -0.05) is 38.0 Å². The SMILES string of the molecule is CC1(C(=O)NCc2sccc2C#CCCO)CCCCC1. The lowest BCUT2D eigenvalue weighted by molar-refractivity contribution is -0.132. The molecule has 1 aromatic heterocycles. The number of rotatable bonds is 4. The Bertz CT molecular complexity index is 532. The van der Waals surface area contributed by atoms with Gasteiger partial charge in [0.1, 0.15) is 0 Å². The monoisotopic (exact) mass is 305 g/mol. The Morgan fingerprint density at radius 1 is 1.43 bits per heavy atom. The summed E-state index contributed by atoms with van der Waals surface area (Å²) in [6, 6.07) is 1.97. The number of nitrogens with one attached hydrogen (secondary N) is 1. The molecule has 0 unspecified atom stereocenters. The predicted molar refractivity (Wildman–Crippen MR) is 85.9 cm³/mol. The van der Waals surface area contributed by atoms with Crippen molar-refractivity contribution in [2.45, 2.75) is 52.0 Å². The van der Waals surface area contributed by atoms with Crippen molar-refractivity contribution in [3.05, 3.63) is 21.9 Å². The van der Waals surface area contributed by atoms with E-state index in [0.29, 0.717) is 13.0 Å². The molecule has 0 atom stereocenters. The van der Waals surface area contributed by atoms with E-state index in [0.717, 1.165) is 36.1 Å². The van der Waals surface area contributed by atoms with Crippen molar-refractivity contribution in [3.8, 4) is 11.8 Å². The molecule has 21 heavy (non-hydrogen) atoms. The Labute approximate surface area is 130 Å². The Morgan fingerprint density at radius 3 is 2.90 bits per heavy atom. The van der Waals surface area contributed by atoms with Crippen molar-refractivity contribution in [1.82, 2.24) is 5.32 Å². The highest BCUT2D eigenvalue weighted by Crippen LogP contribution is 2.35. The molecule has 3 nitrogen and oxygen atoms in total. The third kappa shape index (κ3) is 4.33. The van der Waals surface area contributed by atoms with E-state index in [9.17, 15) is 4.79 Å².